The Morgan fingerprint density at radius 1 is 1.44 bits per heavy atom. The first-order chi connectivity index (χ1) is 8.45. The first-order valence-corrected chi connectivity index (χ1v) is 6.66. The maximum absolute atomic E-state index is 12.2. The summed E-state index contributed by atoms with van der Waals surface area (Å²) in [5, 5.41) is 2.52. The van der Waals surface area contributed by atoms with Crippen molar-refractivity contribution in [1.82, 2.24) is 10.2 Å². The first kappa shape index (κ1) is 15.0. The van der Waals surface area contributed by atoms with Crippen LogP contribution in [0.4, 0.5) is 0 Å². The van der Waals surface area contributed by atoms with Gasteiger partial charge in [-0.2, -0.15) is 0 Å². The second kappa shape index (κ2) is 6.73. The average molecular weight is 255 g/mol. The number of nitrogens with two attached hydrogens (primary N) is 1. The molecule has 5 nitrogen and oxygen atoms in total. The Balaban J connectivity index is 2.51. The predicted molar refractivity (Wildman–Crippen MR) is 70.8 cm³/mol. The lowest BCUT2D eigenvalue weighted by molar-refractivity contribution is -0.139. The van der Waals surface area contributed by atoms with E-state index in [9.17, 15) is 9.59 Å². The summed E-state index contributed by atoms with van der Waals surface area (Å²) in [6, 6.07) is 0.225. The quantitative estimate of drug-likeness (QED) is 0.761. The summed E-state index contributed by atoms with van der Waals surface area (Å²) < 4.78 is 0. The van der Waals surface area contributed by atoms with E-state index in [1.54, 1.807) is 14.1 Å². The number of hydrogen-bond donors (Lipinski definition) is 2. The van der Waals surface area contributed by atoms with Crippen molar-refractivity contribution in [2.24, 2.45) is 17.6 Å². The van der Waals surface area contributed by atoms with Gasteiger partial charge in [0.25, 0.3) is 0 Å². The van der Waals surface area contributed by atoms with Gasteiger partial charge >= 0.3 is 0 Å². The summed E-state index contributed by atoms with van der Waals surface area (Å²) in [6.45, 7) is 2.07. The van der Waals surface area contributed by atoms with Gasteiger partial charge in [0.15, 0.2) is 0 Å². The lowest BCUT2D eigenvalue weighted by atomic mass is 9.78. The number of hydrogen-bond acceptors (Lipinski definition) is 3. The van der Waals surface area contributed by atoms with Gasteiger partial charge in [-0.25, -0.2) is 0 Å². The lowest BCUT2D eigenvalue weighted by Gasteiger charge is -2.32. The minimum absolute atomic E-state index is 0.0395. The van der Waals surface area contributed by atoms with E-state index >= 15 is 0 Å². The third-order valence-corrected chi connectivity index (χ3v) is 3.89. The van der Waals surface area contributed by atoms with E-state index in [0.29, 0.717) is 5.92 Å². The van der Waals surface area contributed by atoms with Crippen LogP contribution < -0.4 is 11.1 Å². The van der Waals surface area contributed by atoms with Crippen LogP contribution in [-0.4, -0.2) is 43.4 Å². The van der Waals surface area contributed by atoms with Crippen LogP contribution in [0.1, 0.15) is 32.6 Å². The van der Waals surface area contributed by atoms with Crippen LogP contribution in [0.3, 0.4) is 0 Å². The molecular weight excluding hydrogens is 230 g/mol. The third kappa shape index (κ3) is 3.98. The molecule has 104 valence electrons. The fraction of sp³-hybridized carbons (Fsp3) is 0.846. The van der Waals surface area contributed by atoms with Crippen LogP contribution in [-0.2, 0) is 9.59 Å². The van der Waals surface area contributed by atoms with Crippen LogP contribution in [0.25, 0.3) is 0 Å². The Morgan fingerprint density at radius 2 is 2.11 bits per heavy atom. The molecular formula is C13H25N3O2. The molecule has 1 saturated carbocycles. The minimum Gasteiger partial charge on any atom is -0.358 e. The van der Waals surface area contributed by atoms with E-state index in [4.69, 9.17) is 5.73 Å². The molecule has 1 fully saturated rings. The lowest BCUT2D eigenvalue weighted by Crippen LogP contribution is -2.42. The predicted octanol–water partition coefficient (Wildman–Crippen LogP) is 0.344. The molecule has 3 N–H and O–H groups in total. The van der Waals surface area contributed by atoms with Crippen LogP contribution in [0.15, 0.2) is 0 Å². The Hall–Kier alpha value is -1.10. The van der Waals surface area contributed by atoms with E-state index in [2.05, 4.69) is 5.32 Å². The summed E-state index contributed by atoms with van der Waals surface area (Å²) in [7, 11) is 3.25. The zero-order valence-electron chi connectivity index (χ0n) is 11.6. The molecule has 1 rings (SSSR count). The average Bonchev–Trinajstić information content (AvgIpc) is 2.36. The molecule has 3 atom stereocenters. The summed E-state index contributed by atoms with van der Waals surface area (Å²) >= 11 is 0. The molecule has 0 aliphatic heterocycles. The van der Waals surface area contributed by atoms with Crippen molar-refractivity contribution >= 4 is 11.8 Å². The fourth-order valence-corrected chi connectivity index (χ4v) is 2.64. The third-order valence-electron chi connectivity index (χ3n) is 3.89. The number of nitrogens with one attached hydrogen (secondary N) is 1. The van der Waals surface area contributed by atoms with Crippen LogP contribution in [0, 0.1) is 11.8 Å². The highest BCUT2D eigenvalue weighted by atomic mass is 16.2. The Morgan fingerprint density at radius 3 is 2.67 bits per heavy atom. The molecule has 2 amide bonds. The van der Waals surface area contributed by atoms with Crippen molar-refractivity contribution in [2.45, 2.75) is 38.6 Å². The van der Waals surface area contributed by atoms with Crippen LogP contribution >= 0.6 is 0 Å². The molecule has 5 heteroatoms. The molecule has 3 unspecified atom stereocenters. The van der Waals surface area contributed by atoms with Gasteiger partial charge in [0.1, 0.15) is 0 Å². The monoisotopic (exact) mass is 255 g/mol. The van der Waals surface area contributed by atoms with Gasteiger partial charge < -0.3 is 16.0 Å². The Labute approximate surface area is 109 Å². The van der Waals surface area contributed by atoms with Crippen molar-refractivity contribution in [3.05, 3.63) is 0 Å². The summed E-state index contributed by atoms with van der Waals surface area (Å²) in [5.74, 6) is 0.204. The van der Waals surface area contributed by atoms with Gasteiger partial charge in [-0.3, -0.25) is 9.59 Å². The number of carbonyl (C=O) groups is 2. The van der Waals surface area contributed by atoms with Crippen molar-refractivity contribution in [3.8, 4) is 0 Å². The van der Waals surface area contributed by atoms with Crippen molar-refractivity contribution in [3.63, 3.8) is 0 Å². The van der Waals surface area contributed by atoms with Gasteiger partial charge in [0.2, 0.25) is 11.8 Å². The molecule has 0 bridgehead atoms. The van der Waals surface area contributed by atoms with Gasteiger partial charge in [-0.05, 0) is 25.2 Å². The number of carbonyl (C=O) groups excluding carboxylic acids is 2. The van der Waals surface area contributed by atoms with Gasteiger partial charge in [0, 0.05) is 26.1 Å². The van der Waals surface area contributed by atoms with E-state index in [1.807, 2.05) is 6.92 Å². The van der Waals surface area contributed by atoms with E-state index in [0.717, 1.165) is 25.7 Å². The fourth-order valence-electron chi connectivity index (χ4n) is 2.64. The van der Waals surface area contributed by atoms with Crippen molar-refractivity contribution < 1.29 is 9.59 Å². The zero-order valence-corrected chi connectivity index (χ0v) is 11.6. The molecule has 0 saturated heterocycles. The Kier molecular flexibility index (Phi) is 5.59. The molecule has 0 aromatic carbocycles. The zero-order chi connectivity index (χ0) is 13.7. The second-order valence-electron chi connectivity index (χ2n) is 5.34. The summed E-state index contributed by atoms with van der Waals surface area (Å²) in [5.41, 5.74) is 5.95. The Bertz CT molecular complexity index is 307. The molecule has 1 aliphatic carbocycles. The molecule has 0 spiro atoms. The van der Waals surface area contributed by atoms with E-state index in [-0.39, 0.29) is 30.3 Å². The van der Waals surface area contributed by atoms with Crippen LogP contribution in [0.2, 0.25) is 0 Å². The van der Waals surface area contributed by atoms with Gasteiger partial charge in [-0.1, -0.05) is 13.3 Å². The molecule has 0 radical (unpaired) electrons. The molecule has 0 aromatic rings. The number of nitrogens with zero attached hydrogens (tertiary/aromatic N) is 1. The highest BCUT2D eigenvalue weighted by Gasteiger charge is 2.30. The number of likely N-dealkylation sites (N-methyl/N-ethyl adjacent to an activating group) is 2. The molecule has 0 heterocycles. The highest BCUT2D eigenvalue weighted by Crippen LogP contribution is 2.30. The number of amides is 2. The topological polar surface area (TPSA) is 75.4 Å². The maximum atomic E-state index is 12.2. The normalized spacial score (nSPS) is 25.3. The molecule has 1 aliphatic rings. The maximum Gasteiger partial charge on any atom is 0.239 e. The SMILES string of the molecule is CNC(=O)CN(C)C(=O)C(C)C1CCCC(N)C1. The minimum atomic E-state index is -0.140. The largest absolute Gasteiger partial charge is 0.358 e. The second-order valence-corrected chi connectivity index (χ2v) is 5.34. The highest BCUT2D eigenvalue weighted by molar-refractivity contribution is 5.85. The molecule has 0 aromatic heterocycles. The van der Waals surface area contributed by atoms with Gasteiger partial charge in [0.05, 0.1) is 6.54 Å². The number of rotatable bonds is 4. The van der Waals surface area contributed by atoms with E-state index < -0.39 is 0 Å². The van der Waals surface area contributed by atoms with Gasteiger partial charge in [-0.15, -0.1) is 0 Å². The van der Waals surface area contributed by atoms with E-state index in [1.165, 1.54) is 4.90 Å². The first-order valence-electron chi connectivity index (χ1n) is 6.66. The molecule has 18 heavy (non-hydrogen) atoms. The summed E-state index contributed by atoms with van der Waals surface area (Å²) in [6.07, 6.45) is 4.14. The van der Waals surface area contributed by atoms with Crippen molar-refractivity contribution in [1.29, 1.82) is 0 Å². The smallest absolute Gasteiger partial charge is 0.239 e. The van der Waals surface area contributed by atoms with Crippen molar-refractivity contribution in [2.75, 3.05) is 20.6 Å². The standard InChI is InChI=1S/C13H25N3O2/c1-9(10-5-4-6-11(14)7-10)13(18)16(3)8-12(17)15-2/h9-11H,4-8,14H2,1-3H3,(H,15,17). The van der Waals surface area contributed by atoms with Crippen LogP contribution in [0.5, 0.6) is 0 Å². The summed E-state index contributed by atoms with van der Waals surface area (Å²) in [4.78, 5) is 25.0.